The van der Waals surface area contributed by atoms with E-state index < -0.39 is 41.4 Å². The van der Waals surface area contributed by atoms with Crippen LogP contribution in [-0.2, 0) is 23.7 Å². The van der Waals surface area contributed by atoms with Gasteiger partial charge in [0.05, 0.1) is 19.3 Å². The average molecular weight is 383 g/mol. The largest absolute Gasteiger partial charge is 0.384 e. The van der Waals surface area contributed by atoms with Crippen LogP contribution >= 0.6 is 0 Å². The van der Waals surface area contributed by atoms with E-state index in [4.69, 9.17) is 18.9 Å². The van der Waals surface area contributed by atoms with Gasteiger partial charge >= 0.3 is 5.69 Å². The van der Waals surface area contributed by atoms with Gasteiger partial charge in [-0.2, -0.15) is 0 Å². The van der Waals surface area contributed by atoms with Crippen LogP contribution in [0.25, 0.3) is 0 Å². The Morgan fingerprint density at radius 2 is 2.11 bits per heavy atom. The minimum absolute atomic E-state index is 0.144. The van der Waals surface area contributed by atoms with Crippen molar-refractivity contribution in [1.29, 1.82) is 0 Å². The minimum Gasteiger partial charge on any atom is -0.384 e. The Labute approximate surface area is 155 Å². The van der Waals surface area contributed by atoms with Crippen LogP contribution in [0.2, 0.25) is 0 Å². The zero-order valence-electron chi connectivity index (χ0n) is 15.6. The lowest BCUT2D eigenvalue weighted by Gasteiger charge is -2.37. The van der Waals surface area contributed by atoms with Crippen molar-refractivity contribution in [2.75, 3.05) is 26.9 Å². The molecule has 1 aromatic rings. The van der Waals surface area contributed by atoms with E-state index in [-0.39, 0.29) is 25.5 Å². The SMILES string of the molecule is COCCC(=O)NC[C@H]1OC[C@@H](n2ccc(=O)[nH]c2=O)[C@@H]2OC(C)(C)O[C@@H]21. The van der Waals surface area contributed by atoms with Crippen molar-refractivity contribution in [3.63, 3.8) is 0 Å². The molecule has 0 radical (unpaired) electrons. The Bertz CT molecular complexity index is 787. The van der Waals surface area contributed by atoms with Crippen molar-refractivity contribution >= 4 is 5.91 Å². The predicted octanol–water partition coefficient (Wildman–Crippen LogP) is -0.851. The summed E-state index contributed by atoms with van der Waals surface area (Å²) in [4.78, 5) is 37.6. The summed E-state index contributed by atoms with van der Waals surface area (Å²) in [6.45, 7) is 4.35. The van der Waals surface area contributed by atoms with Crippen molar-refractivity contribution in [3.05, 3.63) is 33.1 Å². The molecular formula is C17H25N3O7. The lowest BCUT2D eigenvalue weighted by molar-refractivity contribution is -0.153. The van der Waals surface area contributed by atoms with E-state index in [1.807, 2.05) is 0 Å². The summed E-state index contributed by atoms with van der Waals surface area (Å²) in [6, 6.07) is 0.820. The molecule has 1 amide bonds. The second-order valence-corrected chi connectivity index (χ2v) is 7.07. The van der Waals surface area contributed by atoms with Crippen LogP contribution in [0.3, 0.4) is 0 Å². The second kappa shape index (κ2) is 7.93. The van der Waals surface area contributed by atoms with Crippen molar-refractivity contribution in [3.8, 4) is 0 Å². The molecule has 10 heteroatoms. The Morgan fingerprint density at radius 3 is 2.81 bits per heavy atom. The van der Waals surface area contributed by atoms with Crippen LogP contribution in [-0.4, -0.2) is 66.4 Å². The molecule has 3 heterocycles. The smallest absolute Gasteiger partial charge is 0.328 e. The van der Waals surface area contributed by atoms with E-state index in [1.54, 1.807) is 13.8 Å². The summed E-state index contributed by atoms with van der Waals surface area (Å²) in [7, 11) is 1.53. The number of ether oxygens (including phenoxy) is 4. The molecule has 1 aromatic heterocycles. The van der Waals surface area contributed by atoms with Crippen molar-refractivity contribution in [2.24, 2.45) is 0 Å². The quantitative estimate of drug-likeness (QED) is 0.656. The Hall–Kier alpha value is -2.01. The lowest BCUT2D eigenvalue weighted by Crippen LogP contribution is -2.54. The van der Waals surface area contributed by atoms with Gasteiger partial charge in [0, 0.05) is 32.3 Å². The molecule has 4 atom stereocenters. The van der Waals surface area contributed by atoms with Crippen LogP contribution < -0.4 is 16.6 Å². The summed E-state index contributed by atoms with van der Waals surface area (Å²) in [5.74, 6) is -1.00. The van der Waals surface area contributed by atoms with E-state index in [9.17, 15) is 14.4 Å². The zero-order chi connectivity index (χ0) is 19.6. The van der Waals surface area contributed by atoms with Gasteiger partial charge in [-0.1, -0.05) is 0 Å². The first kappa shape index (κ1) is 19.7. The van der Waals surface area contributed by atoms with Crippen molar-refractivity contribution < 1.29 is 23.7 Å². The summed E-state index contributed by atoms with van der Waals surface area (Å²) >= 11 is 0. The maximum absolute atomic E-state index is 12.2. The molecule has 2 aliphatic rings. The molecule has 0 aliphatic carbocycles. The number of nitrogens with one attached hydrogen (secondary N) is 2. The first-order chi connectivity index (χ1) is 12.8. The van der Waals surface area contributed by atoms with E-state index in [0.717, 1.165) is 0 Å². The van der Waals surface area contributed by atoms with Crippen LogP contribution in [0, 0.1) is 0 Å². The molecule has 2 saturated heterocycles. The van der Waals surface area contributed by atoms with Crippen LogP contribution in [0.1, 0.15) is 26.3 Å². The molecule has 0 spiro atoms. The molecule has 0 bridgehead atoms. The third-order valence-electron chi connectivity index (χ3n) is 4.63. The number of rotatable bonds is 6. The van der Waals surface area contributed by atoms with Crippen LogP contribution in [0.15, 0.2) is 21.9 Å². The third kappa shape index (κ3) is 4.46. The van der Waals surface area contributed by atoms with E-state index in [2.05, 4.69) is 10.3 Å². The molecule has 3 rings (SSSR count). The van der Waals surface area contributed by atoms with Crippen molar-refractivity contribution in [1.82, 2.24) is 14.9 Å². The van der Waals surface area contributed by atoms with E-state index >= 15 is 0 Å². The summed E-state index contributed by atoms with van der Waals surface area (Å²) in [6.07, 6.45) is 0.333. The number of methoxy groups -OCH3 is 1. The number of nitrogens with zero attached hydrogens (tertiary/aromatic N) is 1. The minimum atomic E-state index is -0.856. The van der Waals surface area contributed by atoms with Crippen LogP contribution in [0.5, 0.6) is 0 Å². The lowest BCUT2D eigenvalue weighted by atomic mass is 9.97. The monoisotopic (exact) mass is 383 g/mol. The highest BCUT2D eigenvalue weighted by molar-refractivity contribution is 5.75. The summed E-state index contributed by atoms with van der Waals surface area (Å²) in [5.41, 5.74) is -1.00. The van der Waals surface area contributed by atoms with Gasteiger partial charge in [0.15, 0.2) is 5.79 Å². The van der Waals surface area contributed by atoms with Crippen LogP contribution in [0.4, 0.5) is 0 Å². The van der Waals surface area contributed by atoms with Gasteiger partial charge in [-0.25, -0.2) is 4.79 Å². The zero-order valence-corrected chi connectivity index (χ0v) is 15.6. The van der Waals surface area contributed by atoms with E-state index in [1.165, 1.54) is 23.9 Å². The molecule has 10 nitrogen and oxygen atoms in total. The third-order valence-corrected chi connectivity index (χ3v) is 4.63. The second-order valence-electron chi connectivity index (χ2n) is 7.07. The normalized spacial score (nSPS) is 29.3. The first-order valence-electron chi connectivity index (χ1n) is 8.85. The average Bonchev–Trinajstić information content (AvgIpc) is 2.93. The number of amides is 1. The van der Waals surface area contributed by atoms with Gasteiger partial charge < -0.3 is 24.3 Å². The first-order valence-corrected chi connectivity index (χ1v) is 8.85. The Kier molecular flexibility index (Phi) is 5.80. The Morgan fingerprint density at radius 1 is 1.37 bits per heavy atom. The summed E-state index contributed by atoms with van der Waals surface area (Å²) in [5, 5.41) is 2.81. The number of aromatic amines is 1. The molecule has 0 unspecified atom stereocenters. The maximum atomic E-state index is 12.2. The number of H-pyrrole nitrogens is 1. The number of aromatic nitrogens is 2. The number of hydrogen-bond donors (Lipinski definition) is 2. The van der Waals surface area contributed by atoms with Gasteiger partial charge in [-0.15, -0.1) is 0 Å². The highest BCUT2D eigenvalue weighted by atomic mass is 16.8. The molecule has 150 valence electrons. The van der Waals surface area contributed by atoms with Gasteiger partial charge in [-0.3, -0.25) is 19.1 Å². The molecule has 2 aliphatic heterocycles. The predicted molar refractivity (Wildman–Crippen MR) is 93.4 cm³/mol. The fourth-order valence-corrected chi connectivity index (χ4v) is 3.41. The summed E-state index contributed by atoms with van der Waals surface area (Å²) < 4.78 is 24.2. The number of hydrogen-bond acceptors (Lipinski definition) is 7. The maximum Gasteiger partial charge on any atom is 0.328 e. The standard InChI is InChI=1S/C17H25N3O7/c1-17(2)26-14-10(20-6-4-13(22)19-16(20)23)9-25-11(15(14)27-17)8-18-12(21)5-7-24-3/h4,6,10-11,14-15H,5,7-9H2,1-3H3,(H,18,21)(H,19,22,23)/t10-,11-,14+,15-/m1/s1. The molecule has 0 saturated carbocycles. The van der Waals surface area contributed by atoms with Gasteiger partial charge in [-0.05, 0) is 13.8 Å². The fraction of sp³-hybridized carbons (Fsp3) is 0.706. The van der Waals surface area contributed by atoms with Crippen molar-refractivity contribution in [2.45, 2.75) is 50.4 Å². The molecule has 0 aromatic carbocycles. The topological polar surface area (TPSA) is 121 Å². The highest BCUT2D eigenvalue weighted by Crippen LogP contribution is 2.39. The molecule has 2 N–H and O–H groups in total. The number of carbonyl (C=O) groups is 1. The number of carbonyl (C=O) groups excluding carboxylic acids is 1. The van der Waals surface area contributed by atoms with Gasteiger partial charge in [0.25, 0.3) is 5.56 Å². The Balaban J connectivity index is 1.75. The highest BCUT2D eigenvalue weighted by Gasteiger charge is 2.52. The molecule has 27 heavy (non-hydrogen) atoms. The van der Waals surface area contributed by atoms with Gasteiger partial charge in [0.2, 0.25) is 5.91 Å². The van der Waals surface area contributed by atoms with E-state index in [0.29, 0.717) is 6.61 Å². The number of fused-ring (bicyclic) bond motifs is 1. The fourth-order valence-electron chi connectivity index (χ4n) is 3.41. The molecule has 2 fully saturated rings. The van der Waals surface area contributed by atoms with Gasteiger partial charge in [0.1, 0.15) is 18.3 Å². The molecular weight excluding hydrogens is 358 g/mol.